The van der Waals surface area contributed by atoms with Gasteiger partial charge in [0.25, 0.3) is 5.79 Å². The quantitative estimate of drug-likeness (QED) is 0.318. The molecule has 0 bridgehead atoms. The van der Waals surface area contributed by atoms with Crippen LogP contribution in [0.3, 0.4) is 0 Å². The Balaban J connectivity index is 1.10. The lowest BCUT2D eigenvalue weighted by atomic mass is 9.45. The molecule has 11 heteroatoms. The monoisotopic (exact) mass is 605 g/mol. The number of cyclic esters (lactones) is 1. The topological polar surface area (TPSA) is 133 Å². The lowest BCUT2D eigenvalue weighted by Crippen LogP contribution is -2.77. The van der Waals surface area contributed by atoms with E-state index in [-0.39, 0.29) is 58.9 Å². The van der Waals surface area contributed by atoms with Crippen LogP contribution in [-0.4, -0.2) is 88.0 Å². The fourth-order valence-corrected chi connectivity index (χ4v) is 12.5. The number of methoxy groups -OCH3 is 1. The Morgan fingerprint density at radius 3 is 2.60 bits per heavy atom. The molecule has 0 aromatic rings. The molecule has 4 saturated carbocycles. The molecule has 3 N–H and O–H groups in total. The van der Waals surface area contributed by atoms with Gasteiger partial charge in [-0.15, -0.1) is 11.8 Å². The number of aliphatic hydroxyl groups is 2. The first-order chi connectivity index (χ1) is 20.0. The van der Waals surface area contributed by atoms with Crippen LogP contribution >= 0.6 is 11.8 Å². The van der Waals surface area contributed by atoms with Crippen molar-refractivity contribution >= 4 is 23.6 Å². The second-order valence-electron chi connectivity index (χ2n) is 14.6. The first-order valence-corrected chi connectivity index (χ1v) is 16.8. The molecule has 4 heterocycles. The molecular formula is C31H43NO9S. The third-order valence-electron chi connectivity index (χ3n) is 13.0. The van der Waals surface area contributed by atoms with Crippen LogP contribution in [-0.2, 0) is 33.3 Å². The highest BCUT2D eigenvalue weighted by atomic mass is 32.2. The minimum absolute atomic E-state index is 0.0582. The predicted octanol–water partition coefficient (Wildman–Crippen LogP) is 2.40. The van der Waals surface area contributed by atoms with Gasteiger partial charge in [0, 0.05) is 31.4 Å². The fourth-order valence-electron chi connectivity index (χ4n) is 11.1. The Kier molecular flexibility index (Phi) is 6.18. The molecule has 8 rings (SSSR count). The maximum atomic E-state index is 12.6. The molecule has 10 nitrogen and oxygen atoms in total. The highest BCUT2D eigenvalue weighted by molar-refractivity contribution is 8.01. The number of carbonyl (C=O) groups excluding carboxylic acids is 2. The molecule has 4 aliphatic carbocycles. The van der Waals surface area contributed by atoms with Crippen LogP contribution in [0.1, 0.15) is 71.6 Å². The number of carbonyl (C=O) groups is 2. The summed E-state index contributed by atoms with van der Waals surface area (Å²) in [5.74, 6) is -1.44. The van der Waals surface area contributed by atoms with Crippen molar-refractivity contribution in [2.75, 3.05) is 19.5 Å². The molecule has 8 aliphatic rings. The van der Waals surface area contributed by atoms with Crippen LogP contribution in [0, 0.1) is 29.1 Å². The van der Waals surface area contributed by atoms with E-state index in [1.165, 1.54) is 11.8 Å². The summed E-state index contributed by atoms with van der Waals surface area (Å²) >= 11 is 1.37. The van der Waals surface area contributed by atoms with Crippen LogP contribution in [0.5, 0.6) is 0 Å². The molecule has 0 aromatic carbocycles. The summed E-state index contributed by atoms with van der Waals surface area (Å²) in [6.07, 6.45) is 6.55. The van der Waals surface area contributed by atoms with E-state index in [0.717, 1.165) is 44.1 Å². The average molecular weight is 606 g/mol. The molecule has 42 heavy (non-hydrogen) atoms. The van der Waals surface area contributed by atoms with Crippen LogP contribution in [0.4, 0.5) is 0 Å². The molecule has 13 unspecified atom stereocenters. The zero-order chi connectivity index (χ0) is 29.3. The van der Waals surface area contributed by atoms with E-state index in [2.05, 4.69) is 12.2 Å². The lowest BCUT2D eigenvalue weighted by Gasteiger charge is -2.66. The van der Waals surface area contributed by atoms with Gasteiger partial charge in [-0.05, 0) is 81.1 Å². The number of ether oxygens (including phenoxy) is 5. The van der Waals surface area contributed by atoms with Crippen molar-refractivity contribution in [3.8, 4) is 0 Å². The number of nitrogens with one attached hydrogen (secondary N) is 1. The largest absolute Gasteiger partial charge is 0.458 e. The van der Waals surface area contributed by atoms with Crippen molar-refractivity contribution < 1.29 is 43.5 Å². The van der Waals surface area contributed by atoms with Crippen molar-refractivity contribution in [3.05, 3.63) is 11.6 Å². The fraction of sp³-hybridized carbons (Fsp3) is 0.871. The van der Waals surface area contributed by atoms with Crippen molar-refractivity contribution in [2.24, 2.45) is 29.1 Å². The third kappa shape index (κ3) is 3.50. The highest BCUT2D eigenvalue weighted by Gasteiger charge is 2.73. The number of hydrogen-bond acceptors (Lipinski definition) is 10. The lowest BCUT2D eigenvalue weighted by molar-refractivity contribution is -0.450. The third-order valence-corrected chi connectivity index (χ3v) is 14.5. The number of hydrogen-bond donors (Lipinski definition) is 3. The molecule has 4 aliphatic heterocycles. The molecule has 3 saturated heterocycles. The standard InChI is InChI=1S/C31H43NO9S/c1-16-12-30(32-24(33)15-42-30)31(36)26(39-16)40-22-11-18-4-5-21-20(28(18,37-3)13-23(22)41-31)6-8-27(2)19(7-9-29(21,27)35)17-10-25(34)38-14-17/h10,16,18-23,26,35-36H,4-9,11-15H2,1-3H3,(H,32,33). The molecule has 0 aromatic heterocycles. The minimum atomic E-state index is -1.83. The summed E-state index contributed by atoms with van der Waals surface area (Å²) in [5.41, 5.74) is -0.701. The molecule has 1 amide bonds. The summed E-state index contributed by atoms with van der Waals surface area (Å²) < 4.78 is 31.2. The Hall–Kier alpha value is -1.21. The molecule has 7 fully saturated rings. The SMILES string of the molecule is COC12CC3OC4(O)C(OC(C)CC45NC(=O)CS5)OC3CC1CCC1C2CCC2(C)C(C3=CC(=O)OC3)CCC12O. The number of esters is 1. The van der Waals surface area contributed by atoms with E-state index in [1.54, 1.807) is 13.2 Å². The van der Waals surface area contributed by atoms with Gasteiger partial charge in [-0.2, -0.15) is 0 Å². The van der Waals surface area contributed by atoms with Gasteiger partial charge in [0.15, 0.2) is 0 Å². The van der Waals surface area contributed by atoms with Gasteiger partial charge in [0.05, 0.1) is 35.3 Å². The van der Waals surface area contributed by atoms with Gasteiger partial charge < -0.3 is 39.2 Å². The highest BCUT2D eigenvalue weighted by Crippen LogP contribution is 2.69. The molecule has 1 spiro atoms. The first-order valence-electron chi connectivity index (χ1n) is 15.8. The minimum Gasteiger partial charge on any atom is -0.458 e. The van der Waals surface area contributed by atoms with E-state index >= 15 is 0 Å². The van der Waals surface area contributed by atoms with Crippen molar-refractivity contribution in [2.45, 2.75) is 118 Å². The molecule has 13 atom stereocenters. The van der Waals surface area contributed by atoms with Crippen molar-refractivity contribution in [3.63, 3.8) is 0 Å². The summed E-state index contributed by atoms with van der Waals surface area (Å²) in [6, 6.07) is 0. The van der Waals surface area contributed by atoms with Gasteiger partial charge in [-0.3, -0.25) is 4.79 Å². The Bertz CT molecular complexity index is 1230. The van der Waals surface area contributed by atoms with Crippen LogP contribution < -0.4 is 5.32 Å². The number of fused-ring (bicyclic) bond motifs is 8. The summed E-state index contributed by atoms with van der Waals surface area (Å²) in [4.78, 5) is 23.3. The van der Waals surface area contributed by atoms with Crippen molar-refractivity contribution in [1.29, 1.82) is 0 Å². The smallest absolute Gasteiger partial charge is 0.331 e. The van der Waals surface area contributed by atoms with E-state index in [4.69, 9.17) is 23.7 Å². The Labute approximate surface area is 250 Å². The number of rotatable bonds is 2. The summed E-state index contributed by atoms with van der Waals surface area (Å²) in [5, 5.41) is 27.8. The van der Waals surface area contributed by atoms with Gasteiger partial charge >= 0.3 is 5.97 Å². The van der Waals surface area contributed by atoms with Gasteiger partial charge in [0.2, 0.25) is 12.2 Å². The van der Waals surface area contributed by atoms with Crippen LogP contribution in [0.2, 0.25) is 0 Å². The molecule has 232 valence electrons. The van der Waals surface area contributed by atoms with Gasteiger partial charge in [-0.25, -0.2) is 4.79 Å². The van der Waals surface area contributed by atoms with E-state index in [0.29, 0.717) is 25.9 Å². The second-order valence-corrected chi connectivity index (χ2v) is 15.8. The second kappa shape index (κ2) is 9.17. The average Bonchev–Trinajstić information content (AvgIpc) is 3.62. The maximum Gasteiger partial charge on any atom is 0.331 e. The predicted molar refractivity (Wildman–Crippen MR) is 150 cm³/mol. The van der Waals surface area contributed by atoms with Gasteiger partial charge in [-0.1, -0.05) is 6.92 Å². The van der Waals surface area contributed by atoms with Crippen molar-refractivity contribution in [1.82, 2.24) is 5.32 Å². The van der Waals surface area contributed by atoms with Crippen LogP contribution in [0.15, 0.2) is 11.6 Å². The molecular weight excluding hydrogens is 562 g/mol. The summed E-state index contributed by atoms with van der Waals surface area (Å²) in [7, 11) is 1.79. The normalized spacial score (nSPS) is 56.5. The maximum absolute atomic E-state index is 12.6. The number of amides is 1. The van der Waals surface area contributed by atoms with Crippen LogP contribution in [0.25, 0.3) is 0 Å². The van der Waals surface area contributed by atoms with E-state index < -0.39 is 34.3 Å². The van der Waals surface area contributed by atoms with E-state index in [9.17, 15) is 19.8 Å². The Morgan fingerprint density at radius 2 is 1.88 bits per heavy atom. The van der Waals surface area contributed by atoms with E-state index in [1.807, 2.05) is 6.92 Å². The first kappa shape index (κ1) is 28.3. The number of thioether (sulfide) groups is 1. The van der Waals surface area contributed by atoms with Gasteiger partial charge in [0.1, 0.15) is 11.5 Å². The zero-order valence-corrected chi connectivity index (χ0v) is 25.5. The summed E-state index contributed by atoms with van der Waals surface area (Å²) in [6.45, 7) is 4.49. The Morgan fingerprint density at radius 1 is 1.05 bits per heavy atom. The zero-order valence-electron chi connectivity index (χ0n) is 24.6. The molecule has 0 radical (unpaired) electrons.